The van der Waals surface area contributed by atoms with Crippen molar-refractivity contribution in [2.24, 2.45) is 0 Å². The summed E-state index contributed by atoms with van der Waals surface area (Å²) in [6, 6.07) is 0. The second-order valence-electron chi connectivity index (χ2n) is 2.87. The largest absolute Gasteiger partial charge is 0.384 e. The molecule has 0 unspecified atom stereocenters. The number of ether oxygens (including phenoxy) is 1. The van der Waals surface area contributed by atoms with E-state index >= 15 is 0 Å². The van der Waals surface area contributed by atoms with Crippen molar-refractivity contribution in [2.45, 2.75) is 0 Å². The quantitative estimate of drug-likeness (QED) is 0.425. The summed E-state index contributed by atoms with van der Waals surface area (Å²) in [5.41, 5.74) is 0. The van der Waals surface area contributed by atoms with Crippen molar-refractivity contribution in [3.8, 4) is 0 Å². The van der Waals surface area contributed by atoms with Crippen LogP contribution in [0.3, 0.4) is 0 Å². The summed E-state index contributed by atoms with van der Waals surface area (Å²) < 4.78 is 4.21. The lowest BCUT2D eigenvalue weighted by molar-refractivity contribution is -0.153. The molecule has 0 aliphatic rings. The molecule has 0 amide bonds. The standard InChI is InChI=1S/C12H8Cl2O5/c1-3-7(15)5-9(13)11(17)19-12(18)10(14)6-8(16)4-2/h3-6H,1-2H2. The first-order chi connectivity index (χ1) is 8.81. The van der Waals surface area contributed by atoms with Gasteiger partial charge in [0.05, 0.1) is 0 Å². The molecule has 0 N–H and O–H groups in total. The Kier molecular flexibility index (Phi) is 7.33. The van der Waals surface area contributed by atoms with Crippen molar-refractivity contribution in [1.82, 2.24) is 0 Å². The van der Waals surface area contributed by atoms with Gasteiger partial charge in [-0.3, -0.25) is 9.59 Å². The summed E-state index contributed by atoms with van der Waals surface area (Å²) in [5, 5.41) is -1.25. The van der Waals surface area contributed by atoms with Crippen molar-refractivity contribution in [1.29, 1.82) is 0 Å². The van der Waals surface area contributed by atoms with Crippen LogP contribution in [-0.2, 0) is 23.9 Å². The van der Waals surface area contributed by atoms with Gasteiger partial charge in [0.25, 0.3) is 0 Å². The molecule has 5 nitrogen and oxygen atoms in total. The van der Waals surface area contributed by atoms with E-state index in [4.69, 9.17) is 23.2 Å². The first-order valence-corrected chi connectivity index (χ1v) is 5.41. The molecule has 0 atom stereocenters. The van der Waals surface area contributed by atoms with Gasteiger partial charge in [0.1, 0.15) is 10.1 Å². The van der Waals surface area contributed by atoms with Crippen LogP contribution >= 0.6 is 23.2 Å². The van der Waals surface area contributed by atoms with E-state index in [-0.39, 0.29) is 0 Å². The fraction of sp³-hybridized carbons (Fsp3) is 0. The van der Waals surface area contributed by atoms with E-state index in [1.54, 1.807) is 0 Å². The third-order valence-electron chi connectivity index (χ3n) is 1.52. The van der Waals surface area contributed by atoms with Gasteiger partial charge >= 0.3 is 11.9 Å². The van der Waals surface area contributed by atoms with E-state index in [2.05, 4.69) is 17.9 Å². The highest BCUT2D eigenvalue weighted by Gasteiger charge is 2.17. The van der Waals surface area contributed by atoms with E-state index in [9.17, 15) is 19.2 Å². The minimum absolute atomic E-state index is 0.627. The maximum absolute atomic E-state index is 11.2. The second-order valence-corrected chi connectivity index (χ2v) is 3.69. The Morgan fingerprint density at radius 1 is 0.789 bits per heavy atom. The molecule has 0 saturated carbocycles. The molecule has 0 aromatic heterocycles. The molecule has 0 aromatic carbocycles. The minimum atomic E-state index is -1.28. The summed E-state index contributed by atoms with van der Waals surface area (Å²) >= 11 is 10.8. The summed E-state index contributed by atoms with van der Waals surface area (Å²) in [7, 11) is 0. The number of esters is 2. The minimum Gasteiger partial charge on any atom is -0.384 e. The number of carbonyl (C=O) groups is 4. The lowest BCUT2D eigenvalue weighted by Crippen LogP contribution is -2.13. The van der Waals surface area contributed by atoms with Crippen LogP contribution < -0.4 is 0 Å². The Morgan fingerprint density at radius 2 is 1.11 bits per heavy atom. The third kappa shape index (κ3) is 6.49. The molecule has 0 heterocycles. The Morgan fingerprint density at radius 3 is 1.37 bits per heavy atom. The number of rotatable bonds is 6. The van der Waals surface area contributed by atoms with Gasteiger partial charge in [0, 0.05) is 12.2 Å². The number of hydrogen-bond acceptors (Lipinski definition) is 5. The van der Waals surface area contributed by atoms with Gasteiger partial charge in [-0.25, -0.2) is 9.59 Å². The summed E-state index contributed by atoms with van der Waals surface area (Å²) in [4.78, 5) is 44.2. The molecule has 0 rings (SSSR count). The van der Waals surface area contributed by atoms with E-state index in [1.165, 1.54) is 0 Å². The van der Waals surface area contributed by atoms with Gasteiger partial charge < -0.3 is 4.74 Å². The van der Waals surface area contributed by atoms with Crippen LogP contribution in [-0.4, -0.2) is 23.5 Å². The zero-order chi connectivity index (χ0) is 15.0. The van der Waals surface area contributed by atoms with Crippen LogP contribution in [0.15, 0.2) is 47.5 Å². The lowest BCUT2D eigenvalue weighted by Gasteiger charge is -2.00. The second kappa shape index (κ2) is 8.18. The first-order valence-electron chi connectivity index (χ1n) is 4.65. The highest BCUT2D eigenvalue weighted by molar-refractivity contribution is 6.46. The smallest absolute Gasteiger partial charge is 0.357 e. The fourth-order valence-electron chi connectivity index (χ4n) is 0.667. The van der Waals surface area contributed by atoms with Gasteiger partial charge in [-0.05, 0) is 12.2 Å². The average Bonchev–Trinajstić information content (AvgIpc) is 2.37. The van der Waals surface area contributed by atoms with E-state index < -0.39 is 33.6 Å². The Bertz CT molecular complexity index is 468. The third-order valence-corrected chi connectivity index (χ3v) is 2.04. The molecule has 0 aliphatic heterocycles. The van der Waals surface area contributed by atoms with E-state index in [0.29, 0.717) is 0 Å². The van der Waals surface area contributed by atoms with Crippen molar-refractivity contribution in [3.05, 3.63) is 47.5 Å². The summed E-state index contributed by atoms with van der Waals surface area (Å²) in [5.74, 6) is -3.84. The first kappa shape index (κ1) is 17.0. The van der Waals surface area contributed by atoms with Gasteiger partial charge in [-0.2, -0.15) is 0 Å². The van der Waals surface area contributed by atoms with E-state index in [1.807, 2.05) is 0 Å². The Hall–Kier alpha value is -1.98. The normalized spacial score (nSPS) is 11.5. The van der Waals surface area contributed by atoms with Gasteiger partial charge in [0.15, 0.2) is 11.6 Å². The molecular formula is C12H8Cl2O5. The predicted molar refractivity (Wildman–Crippen MR) is 69.4 cm³/mol. The molecule has 0 fully saturated rings. The van der Waals surface area contributed by atoms with Gasteiger partial charge in [-0.15, -0.1) is 0 Å². The van der Waals surface area contributed by atoms with Crippen molar-refractivity contribution >= 4 is 46.7 Å². The highest BCUT2D eigenvalue weighted by Crippen LogP contribution is 2.10. The Labute approximate surface area is 118 Å². The number of halogens is 2. The topological polar surface area (TPSA) is 77.5 Å². The van der Waals surface area contributed by atoms with Crippen LogP contribution in [0.25, 0.3) is 0 Å². The van der Waals surface area contributed by atoms with Crippen LogP contribution in [0.1, 0.15) is 0 Å². The molecule has 19 heavy (non-hydrogen) atoms. The molecule has 0 spiro atoms. The zero-order valence-corrected chi connectivity index (χ0v) is 11.0. The van der Waals surface area contributed by atoms with Crippen molar-refractivity contribution < 1.29 is 23.9 Å². The van der Waals surface area contributed by atoms with E-state index in [0.717, 1.165) is 24.3 Å². The molecule has 0 bridgehead atoms. The molecule has 0 radical (unpaired) electrons. The predicted octanol–water partition coefficient (Wildman–Crippen LogP) is 1.81. The zero-order valence-electron chi connectivity index (χ0n) is 9.52. The fourth-order valence-corrected chi connectivity index (χ4v) is 0.959. The lowest BCUT2D eigenvalue weighted by atomic mass is 10.3. The molecule has 0 aliphatic carbocycles. The summed E-state index contributed by atoms with van der Waals surface area (Å²) in [6.45, 7) is 6.31. The van der Waals surface area contributed by atoms with Gasteiger partial charge in [-0.1, -0.05) is 36.4 Å². The molecule has 100 valence electrons. The number of carbonyl (C=O) groups excluding carboxylic acids is 4. The van der Waals surface area contributed by atoms with Crippen LogP contribution in [0.4, 0.5) is 0 Å². The highest BCUT2D eigenvalue weighted by atomic mass is 35.5. The summed E-state index contributed by atoms with van der Waals surface area (Å²) in [6.07, 6.45) is 3.26. The maximum Gasteiger partial charge on any atom is 0.357 e. The monoisotopic (exact) mass is 302 g/mol. The van der Waals surface area contributed by atoms with Gasteiger partial charge in [0.2, 0.25) is 0 Å². The number of hydrogen-bond donors (Lipinski definition) is 0. The molecule has 0 saturated heterocycles. The molecule has 7 heteroatoms. The number of ketones is 2. The van der Waals surface area contributed by atoms with Crippen LogP contribution in [0.5, 0.6) is 0 Å². The van der Waals surface area contributed by atoms with Crippen LogP contribution in [0.2, 0.25) is 0 Å². The van der Waals surface area contributed by atoms with Crippen LogP contribution in [0, 0.1) is 0 Å². The van der Waals surface area contributed by atoms with Crippen molar-refractivity contribution in [3.63, 3.8) is 0 Å². The van der Waals surface area contributed by atoms with Crippen molar-refractivity contribution in [2.75, 3.05) is 0 Å². The SMILES string of the molecule is C=CC(=O)C=C(Cl)C(=O)OC(=O)C(Cl)=CC(=O)C=C. The average molecular weight is 303 g/mol. The molecular weight excluding hydrogens is 295 g/mol. The molecule has 0 aromatic rings. The maximum atomic E-state index is 11.2. The Balaban J connectivity index is 4.79. The number of allylic oxidation sites excluding steroid dienone is 4.